The summed E-state index contributed by atoms with van der Waals surface area (Å²) in [6, 6.07) is 14.5. The number of rotatable bonds is 6. The molecule has 0 saturated heterocycles. The van der Waals surface area contributed by atoms with Crippen LogP contribution in [0.5, 0.6) is 5.75 Å². The monoisotopic (exact) mass is 395 g/mol. The van der Waals surface area contributed by atoms with E-state index in [0.717, 1.165) is 5.56 Å². The highest BCUT2D eigenvalue weighted by Gasteiger charge is 2.24. The largest absolute Gasteiger partial charge is 0.491 e. The molecule has 152 valence electrons. The van der Waals surface area contributed by atoms with Gasteiger partial charge in [0, 0.05) is 18.2 Å². The molecule has 1 aliphatic rings. The third kappa shape index (κ3) is 5.34. The van der Waals surface area contributed by atoms with E-state index >= 15 is 0 Å². The summed E-state index contributed by atoms with van der Waals surface area (Å²) in [6.07, 6.45) is 0.228. The first-order valence-corrected chi connectivity index (χ1v) is 9.62. The maximum atomic E-state index is 12.4. The lowest BCUT2D eigenvalue weighted by Crippen LogP contribution is -2.40. The smallest absolute Gasteiger partial charge is 0.240 e. The fraction of sp³-hybridized carbons (Fsp3) is 0.318. The number of nitrogens with one attached hydrogen (secondary N) is 2. The van der Waals surface area contributed by atoms with Gasteiger partial charge in [-0.05, 0) is 29.8 Å². The van der Waals surface area contributed by atoms with Gasteiger partial charge in [0.1, 0.15) is 12.3 Å². The second-order valence-electron chi connectivity index (χ2n) is 7.16. The predicted molar refractivity (Wildman–Crippen MR) is 111 cm³/mol. The number of amides is 3. The minimum absolute atomic E-state index is 0.0440. The Balaban J connectivity index is 1.57. The first-order chi connectivity index (χ1) is 13.9. The van der Waals surface area contributed by atoms with E-state index in [4.69, 9.17) is 4.74 Å². The van der Waals surface area contributed by atoms with Crippen molar-refractivity contribution in [3.63, 3.8) is 0 Å². The molecule has 1 aliphatic heterocycles. The first-order valence-electron chi connectivity index (χ1n) is 9.62. The number of benzene rings is 2. The van der Waals surface area contributed by atoms with Crippen molar-refractivity contribution in [3.05, 3.63) is 54.1 Å². The van der Waals surface area contributed by atoms with Crippen LogP contribution in [0.1, 0.15) is 25.8 Å². The lowest BCUT2D eigenvalue weighted by atomic mass is 10.1. The van der Waals surface area contributed by atoms with E-state index in [2.05, 4.69) is 10.6 Å². The number of para-hydroxylation sites is 2. The van der Waals surface area contributed by atoms with E-state index in [9.17, 15) is 14.4 Å². The van der Waals surface area contributed by atoms with Gasteiger partial charge in [-0.25, -0.2) is 0 Å². The van der Waals surface area contributed by atoms with Crippen molar-refractivity contribution in [2.24, 2.45) is 5.92 Å². The van der Waals surface area contributed by atoms with Crippen molar-refractivity contribution >= 4 is 29.1 Å². The molecule has 0 spiro atoms. The molecule has 0 saturated carbocycles. The van der Waals surface area contributed by atoms with Gasteiger partial charge in [0.2, 0.25) is 17.7 Å². The summed E-state index contributed by atoms with van der Waals surface area (Å²) < 4.78 is 5.59. The maximum absolute atomic E-state index is 12.4. The Hall–Kier alpha value is -3.35. The number of carbonyl (C=O) groups excluding carboxylic acids is 3. The van der Waals surface area contributed by atoms with Crippen LogP contribution in [0.2, 0.25) is 0 Å². The lowest BCUT2D eigenvalue weighted by Gasteiger charge is -2.21. The standard InChI is InChI=1S/C22H25N3O4/c1-15(2)22(28)24-17-9-7-16(8-10-17)13-23-20(26)14-25-18-5-3-4-6-19(18)29-12-11-21(25)27/h3-10,15H,11-14H2,1-2H3,(H,23,26)(H,24,28). The summed E-state index contributed by atoms with van der Waals surface area (Å²) in [7, 11) is 0. The molecule has 0 atom stereocenters. The molecule has 0 unspecified atom stereocenters. The minimum Gasteiger partial charge on any atom is -0.491 e. The van der Waals surface area contributed by atoms with Crippen LogP contribution in [0.15, 0.2) is 48.5 Å². The maximum Gasteiger partial charge on any atom is 0.240 e. The second-order valence-corrected chi connectivity index (χ2v) is 7.16. The Morgan fingerprint density at radius 2 is 1.83 bits per heavy atom. The molecule has 2 aromatic carbocycles. The van der Waals surface area contributed by atoms with Crippen LogP contribution in [0, 0.1) is 5.92 Å². The zero-order chi connectivity index (χ0) is 20.8. The molecule has 3 amide bonds. The number of carbonyl (C=O) groups is 3. The van der Waals surface area contributed by atoms with Gasteiger partial charge < -0.3 is 15.4 Å². The fourth-order valence-corrected chi connectivity index (χ4v) is 2.89. The molecule has 7 heteroatoms. The topological polar surface area (TPSA) is 87.7 Å². The number of hydrogen-bond donors (Lipinski definition) is 2. The van der Waals surface area contributed by atoms with Gasteiger partial charge in [-0.3, -0.25) is 19.3 Å². The van der Waals surface area contributed by atoms with E-state index in [1.807, 2.05) is 38.1 Å². The molecule has 2 N–H and O–H groups in total. The van der Waals surface area contributed by atoms with Crippen LogP contribution in [0.25, 0.3) is 0 Å². The molecule has 1 heterocycles. The van der Waals surface area contributed by atoms with Crippen molar-refractivity contribution in [1.82, 2.24) is 5.32 Å². The average Bonchev–Trinajstić information content (AvgIpc) is 2.86. The first kappa shape index (κ1) is 20.4. The van der Waals surface area contributed by atoms with Gasteiger partial charge in [-0.1, -0.05) is 38.1 Å². The Kier molecular flexibility index (Phi) is 6.49. The van der Waals surface area contributed by atoms with Crippen LogP contribution in [0.4, 0.5) is 11.4 Å². The quantitative estimate of drug-likeness (QED) is 0.787. The summed E-state index contributed by atoms with van der Waals surface area (Å²) in [6.45, 7) is 4.23. The number of ether oxygens (including phenoxy) is 1. The van der Waals surface area contributed by atoms with Gasteiger partial charge in [0.25, 0.3) is 0 Å². The van der Waals surface area contributed by atoms with Gasteiger partial charge in [-0.2, -0.15) is 0 Å². The van der Waals surface area contributed by atoms with Crippen molar-refractivity contribution in [3.8, 4) is 5.75 Å². The van der Waals surface area contributed by atoms with Crippen LogP contribution < -0.4 is 20.3 Å². The van der Waals surface area contributed by atoms with E-state index in [1.54, 1.807) is 24.3 Å². The highest BCUT2D eigenvalue weighted by molar-refractivity contribution is 6.00. The third-order valence-electron chi connectivity index (χ3n) is 4.57. The molecule has 7 nitrogen and oxygen atoms in total. The summed E-state index contributed by atoms with van der Waals surface area (Å²) in [4.78, 5) is 38.0. The zero-order valence-electron chi connectivity index (χ0n) is 16.6. The van der Waals surface area contributed by atoms with Gasteiger partial charge in [0.15, 0.2) is 0 Å². The highest BCUT2D eigenvalue weighted by atomic mass is 16.5. The van der Waals surface area contributed by atoms with E-state index < -0.39 is 0 Å². The predicted octanol–water partition coefficient (Wildman–Crippen LogP) is 2.71. The van der Waals surface area contributed by atoms with Crippen LogP contribution in [-0.4, -0.2) is 30.9 Å². The van der Waals surface area contributed by atoms with Gasteiger partial charge in [0.05, 0.1) is 18.7 Å². The summed E-state index contributed by atoms with van der Waals surface area (Å²) in [5.41, 5.74) is 2.22. The Morgan fingerprint density at radius 3 is 2.55 bits per heavy atom. The van der Waals surface area contributed by atoms with E-state index in [0.29, 0.717) is 30.3 Å². The van der Waals surface area contributed by atoms with Gasteiger partial charge >= 0.3 is 0 Å². The van der Waals surface area contributed by atoms with E-state index in [-0.39, 0.29) is 36.6 Å². The summed E-state index contributed by atoms with van der Waals surface area (Å²) >= 11 is 0. The normalized spacial score (nSPS) is 13.3. The third-order valence-corrected chi connectivity index (χ3v) is 4.57. The Morgan fingerprint density at radius 1 is 1.10 bits per heavy atom. The summed E-state index contributed by atoms with van der Waals surface area (Å²) in [5.74, 6) is 0.0661. The molecule has 0 aliphatic carbocycles. The van der Waals surface area contributed by atoms with Gasteiger partial charge in [-0.15, -0.1) is 0 Å². The van der Waals surface area contributed by atoms with E-state index in [1.165, 1.54) is 4.90 Å². The number of anilines is 2. The molecule has 3 rings (SSSR count). The molecule has 29 heavy (non-hydrogen) atoms. The molecule has 0 aromatic heterocycles. The van der Waals surface area contributed by atoms with Crippen molar-refractivity contribution in [2.45, 2.75) is 26.8 Å². The zero-order valence-corrected chi connectivity index (χ0v) is 16.6. The molecule has 0 fully saturated rings. The number of fused-ring (bicyclic) bond motifs is 1. The highest BCUT2D eigenvalue weighted by Crippen LogP contribution is 2.30. The minimum atomic E-state index is -0.257. The van der Waals surface area contributed by atoms with Crippen molar-refractivity contribution < 1.29 is 19.1 Å². The SMILES string of the molecule is CC(C)C(=O)Nc1ccc(CNC(=O)CN2C(=O)CCOc3ccccc32)cc1. The number of nitrogens with zero attached hydrogens (tertiary/aromatic N) is 1. The molecule has 2 aromatic rings. The molecular formula is C22H25N3O4. The number of hydrogen-bond acceptors (Lipinski definition) is 4. The lowest BCUT2D eigenvalue weighted by molar-refractivity contribution is -0.124. The molecule has 0 radical (unpaired) electrons. The Labute approximate surface area is 170 Å². The molecular weight excluding hydrogens is 370 g/mol. The van der Waals surface area contributed by atoms with Crippen molar-refractivity contribution in [1.29, 1.82) is 0 Å². The van der Waals surface area contributed by atoms with Crippen LogP contribution in [-0.2, 0) is 20.9 Å². The van der Waals surface area contributed by atoms with Crippen LogP contribution >= 0.6 is 0 Å². The van der Waals surface area contributed by atoms with Crippen LogP contribution in [0.3, 0.4) is 0 Å². The molecule has 0 bridgehead atoms. The fourth-order valence-electron chi connectivity index (χ4n) is 2.89. The average molecular weight is 395 g/mol. The Bertz CT molecular complexity index is 893. The van der Waals surface area contributed by atoms with Crippen molar-refractivity contribution in [2.75, 3.05) is 23.4 Å². The summed E-state index contributed by atoms with van der Waals surface area (Å²) in [5, 5.41) is 5.66. The second kappa shape index (κ2) is 9.23.